The zero-order valence-electron chi connectivity index (χ0n) is 11.6. The quantitative estimate of drug-likeness (QED) is 0.884. The molecule has 1 aromatic carbocycles. The van der Waals surface area contributed by atoms with Gasteiger partial charge in [-0.05, 0) is 43.5 Å². The van der Waals surface area contributed by atoms with Gasteiger partial charge in [0.15, 0.2) is 0 Å². The van der Waals surface area contributed by atoms with Gasteiger partial charge in [-0.2, -0.15) is 0 Å². The fourth-order valence-electron chi connectivity index (χ4n) is 1.83. The van der Waals surface area contributed by atoms with E-state index in [1.165, 1.54) is 5.56 Å². The van der Waals surface area contributed by atoms with Crippen LogP contribution in [0.5, 0.6) is 5.75 Å². The van der Waals surface area contributed by atoms with Crippen LogP contribution in [0.4, 0.5) is 0 Å². The maximum absolute atomic E-state index is 6.03. The maximum Gasteiger partial charge on any atom is 0.119 e. The number of aromatic nitrogens is 1. The Hall–Kier alpha value is -1.58. The molecule has 0 saturated carbocycles. The number of pyridine rings is 1. The predicted molar refractivity (Wildman–Crippen MR) is 82.0 cm³/mol. The second-order valence-electron chi connectivity index (χ2n) is 4.92. The van der Waals surface area contributed by atoms with Crippen molar-refractivity contribution in [2.45, 2.75) is 32.4 Å². The normalized spacial score (nSPS) is 12.2. The first-order chi connectivity index (χ1) is 9.65. The van der Waals surface area contributed by atoms with Gasteiger partial charge in [-0.25, -0.2) is 0 Å². The molecule has 2 aromatic rings. The van der Waals surface area contributed by atoms with E-state index in [0.717, 1.165) is 24.2 Å². The van der Waals surface area contributed by atoms with Gasteiger partial charge in [-0.3, -0.25) is 4.98 Å². The Morgan fingerprint density at radius 2 is 2.00 bits per heavy atom. The summed E-state index contributed by atoms with van der Waals surface area (Å²) in [5, 5.41) is 0.626. The number of hydrogen-bond acceptors (Lipinski definition) is 3. The van der Waals surface area contributed by atoms with Crippen molar-refractivity contribution in [3.8, 4) is 5.75 Å². The lowest BCUT2D eigenvalue weighted by Crippen LogP contribution is -2.15. The van der Waals surface area contributed by atoms with Crippen LogP contribution in [0.2, 0.25) is 5.02 Å². The average molecular weight is 291 g/mol. The summed E-state index contributed by atoms with van der Waals surface area (Å²) in [6.07, 6.45) is 5.32. The lowest BCUT2D eigenvalue weighted by atomic mass is 10.1. The van der Waals surface area contributed by atoms with E-state index in [-0.39, 0.29) is 6.04 Å². The smallest absolute Gasteiger partial charge is 0.119 e. The van der Waals surface area contributed by atoms with Crippen LogP contribution in [0.15, 0.2) is 42.7 Å². The highest BCUT2D eigenvalue weighted by atomic mass is 35.5. The average Bonchev–Trinajstić information content (AvgIpc) is 2.45. The van der Waals surface area contributed by atoms with Crippen molar-refractivity contribution in [1.29, 1.82) is 0 Å². The SMILES string of the molecule is CC(N)CCc1ccc(OCc2ccncc2Cl)cc1. The summed E-state index contributed by atoms with van der Waals surface area (Å²) in [6, 6.07) is 10.2. The first kappa shape index (κ1) is 14.8. The van der Waals surface area contributed by atoms with Crippen LogP contribution in [-0.2, 0) is 13.0 Å². The van der Waals surface area contributed by atoms with Gasteiger partial charge in [0.2, 0.25) is 0 Å². The maximum atomic E-state index is 6.03. The Balaban J connectivity index is 1.89. The van der Waals surface area contributed by atoms with E-state index in [1.54, 1.807) is 12.4 Å². The Morgan fingerprint density at radius 3 is 2.65 bits per heavy atom. The molecule has 0 bridgehead atoms. The molecule has 0 saturated heterocycles. The van der Waals surface area contributed by atoms with E-state index < -0.39 is 0 Å². The van der Waals surface area contributed by atoms with Gasteiger partial charge < -0.3 is 10.5 Å². The Morgan fingerprint density at radius 1 is 1.25 bits per heavy atom. The number of aryl methyl sites for hydroxylation is 1. The number of nitrogens with zero attached hydrogens (tertiary/aromatic N) is 1. The number of rotatable bonds is 6. The molecule has 0 fully saturated rings. The molecule has 2 rings (SSSR count). The molecule has 106 valence electrons. The third-order valence-corrected chi connectivity index (χ3v) is 3.40. The van der Waals surface area contributed by atoms with Crippen molar-refractivity contribution in [3.05, 3.63) is 58.9 Å². The van der Waals surface area contributed by atoms with Crippen LogP contribution in [0, 0.1) is 0 Å². The van der Waals surface area contributed by atoms with Crippen molar-refractivity contribution >= 4 is 11.6 Å². The second kappa shape index (κ2) is 7.27. The van der Waals surface area contributed by atoms with E-state index in [0.29, 0.717) is 11.6 Å². The lowest BCUT2D eigenvalue weighted by molar-refractivity contribution is 0.306. The predicted octanol–water partition coefficient (Wildman–Crippen LogP) is 3.59. The number of ether oxygens (including phenoxy) is 1. The number of nitrogens with two attached hydrogens (primary N) is 1. The summed E-state index contributed by atoms with van der Waals surface area (Å²) < 4.78 is 5.72. The fraction of sp³-hybridized carbons (Fsp3) is 0.312. The minimum Gasteiger partial charge on any atom is -0.489 e. The molecule has 0 aliphatic rings. The van der Waals surface area contributed by atoms with Crippen LogP contribution in [0.1, 0.15) is 24.5 Å². The summed E-state index contributed by atoms with van der Waals surface area (Å²) in [5.74, 6) is 0.836. The highest BCUT2D eigenvalue weighted by Crippen LogP contribution is 2.18. The van der Waals surface area contributed by atoms with E-state index in [2.05, 4.69) is 17.1 Å². The molecule has 4 heteroatoms. The molecular formula is C16H19ClN2O. The fourth-order valence-corrected chi connectivity index (χ4v) is 2.00. The van der Waals surface area contributed by atoms with Crippen LogP contribution in [0.25, 0.3) is 0 Å². The van der Waals surface area contributed by atoms with Crippen LogP contribution in [0.3, 0.4) is 0 Å². The summed E-state index contributed by atoms with van der Waals surface area (Å²) in [5.41, 5.74) is 7.96. The van der Waals surface area contributed by atoms with Gasteiger partial charge in [-0.15, -0.1) is 0 Å². The van der Waals surface area contributed by atoms with Crippen LogP contribution >= 0.6 is 11.6 Å². The Labute approximate surface area is 124 Å². The molecule has 0 aliphatic heterocycles. The van der Waals surface area contributed by atoms with E-state index >= 15 is 0 Å². The highest BCUT2D eigenvalue weighted by molar-refractivity contribution is 6.31. The molecule has 0 spiro atoms. The van der Waals surface area contributed by atoms with Crippen LogP contribution < -0.4 is 10.5 Å². The number of halogens is 1. The molecule has 0 aliphatic carbocycles. The van der Waals surface area contributed by atoms with E-state index in [1.807, 2.05) is 25.1 Å². The van der Waals surface area contributed by atoms with Crippen molar-refractivity contribution in [2.75, 3.05) is 0 Å². The summed E-state index contributed by atoms with van der Waals surface area (Å²) in [4.78, 5) is 3.95. The number of hydrogen-bond donors (Lipinski definition) is 1. The molecule has 0 amide bonds. The largest absolute Gasteiger partial charge is 0.489 e. The molecule has 20 heavy (non-hydrogen) atoms. The first-order valence-electron chi connectivity index (χ1n) is 6.71. The Bertz CT molecular complexity index is 540. The van der Waals surface area contributed by atoms with Gasteiger partial charge in [0.05, 0.1) is 5.02 Å². The third kappa shape index (κ3) is 4.51. The molecule has 1 unspecified atom stereocenters. The van der Waals surface area contributed by atoms with Gasteiger partial charge in [0.25, 0.3) is 0 Å². The molecule has 0 radical (unpaired) electrons. The van der Waals surface area contributed by atoms with Crippen molar-refractivity contribution in [3.63, 3.8) is 0 Å². The molecule has 1 atom stereocenters. The topological polar surface area (TPSA) is 48.1 Å². The van der Waals surface area contributed by atoms with E-state index in [9.17, 15) is 0 Å². The third-order valence-electron chi connectivity index (χ3n) is 3.06. The van der Waals surface area contributed by atoms with Crippen molar-refractivity contribution in [2.24, 2.45) is 5.73 Å². The number of benzene rings is 1. The van der Waals surface area contributed by atoms with Gasteiger partial charge in [0.1, 0.15) is 12.4 Å². The summed E-state index contributed by atoms with van der Waals surface area (Å²) in [7, 11) is 0. The lowest BCUT2D eigenvalue weighted by Gasteiger charge is -2.09. The highest BCUT2D eigenvalue weighted by Gasteiger charge is 2.02. The van der Waals surface area contributed by atoms with Crippen LogP contribution in [-0.4, -0.2) is 11.0 Å². The summed E-state index contributed by atoms with van der Waals surface area (Å²) in [6.45, 7) is 2.47. The second-order valence-corrected chi connectivity index (χ2v) is 5.32. The molecular weight excluding hydrogens is 272 g/mol. The van der Waals surface area contributed by atoms with Crippen molar-refractivity contribution in [1.82, 2.24) is 4.98 Å². The standard InChI is InChI=1S/C16H19ClN2O/c1-12(18)2-3-13-4-6-15(7-5-13)20-11-14-8-9-19-10-16(14)17/h4-10,12H,2-3,11,18H2,1H3. The summed E-state index contributed by atoms with van der Waals surface area (Å²) >= 11 is 6.03. The van der Waals surface area contributed by atoms with Gasteiger partial charge in [0, 0.05) is 24.0 Å². The minimum absolute atomic E-state index is 0.236. The zero-order chi connectivity index (χ0) is 14.4. The molecule has 1 heterocycles. The zero-order valence-corrected chi connectivity index (χ0v) is 12.3. The molecule has 2 N–H and O–H groups in total. The van der Waals surface area contributed by atoms with Gasteiger partial charge in [-0.1, -0.05) is 23.7 Å². The molecule has 3 nitrogen and oxygen atoms in total. The molecule has 1 aromatic heterocycles. The minimum atomic E-state index is 0.236. The van der Waals surface area contributed by atoms with E-state index in [4.69, 9.17) is 22.1 Å². The Kier molecular flexibility index (Phi) is 5.39. The monoisotopic (exact) mass is 290 g/mol. The van der Waals surface area contributed by atoms with Gasteiger partial charge >= 0.3 is 0 Å². The van der Waals surface area contributed by atoms with Crippen molar-refractivity contribution < 1.29 is 4.74 Å². The first-order valence-corrected chi connectivity index (χ1v) is 7.08.